The highest BCUT2D eigenvalue weighted by molar-refractivity contribution is 8.01. The van der Waals surface area contributed by atoms with Gasteiger partial charge in [-0.2, -0.15) is 4.98 Å². The van der Waals surface area contributed by atoms with Crippen LogP contribution < -0.4 is 10.5 Å². The molecule has 2 N–H and O–H groups in total. The van der Waals surface area contributed by atoms with E-state index in [2.05, 4.69) is 15.0 Å². The molecule has 5 nitrogen and oxygen atoms in total. The van der Waals surface area contributed by atoms with Crippen LogP contribution in [0, 0.1) is 0 Å². The Bertz CT molecular complexity index is 696. The Morgan fingerprint density at radius 3 is 2.89 bits per heavy atom. The van der Waals surface area contributed by atoms with E-state index >= 15 is 0 Å². The zero-order chi connectivity index (χ0) is 13.2. The number of aromatic nitrogens is 3. The highest BCUT2D eigenvalue weighted by Gasteiger charge is 2.12. The van der Waals surface area contributed by atoms with Crippen LogP contribution in [-0.4, -0.2) is 22.1 Å². The molecule has 7 heteroatoms. The first-order valence-electron chi connectivity index (χ1n) is 5.46. The van der Waals surface area contributed by atoms with Crippen molar-refractivity contribution in [2.45, 2.75) is 9.37 Å². The molecule has 0 spiro atoms. The SMILES string of the molecule is COc1ncnc(Sc2nc3ccccc3s2)c1N. The number of nitrogen functional groups attached to an aromatic ring is 1. The molecule has 2 heterocycles. The van der Waals surface area contributed by atoms with Crippen LogP contribution in [0.15, 0.2) is 40.0 Å². The van der Waals surface area contributed by atoms with Gasteiger partial charge in [0.05, 0.1) is 17.3 Å². The van der Waals surface area contributed by atoms with Gasteiger partial charge in [0.1, 0.15) is 17.0 Å². The van der Waals surface area contributed by atoms with Crippen molar-refractivity contribution in [3.63, 3.8) is 0 Å². The van der Waals surface area contributed by atoms with E-state index in [9.17, 15) is 0 Å². The molecule has 0 saturated carbocycles. The number of thiazole rings is 1. The molecule has 0 aliphatic heterocycles. The molecule has 0 unspecified atom stereocenters. The average Bonchev–Trinajstić information content (AvgIpc) is 2.83. The number of benzene rings is 1. The van der Waals surface area contributed by atoms with Crippen LogP contribution in [0.5, 0.6) is 5.88 Å². The van der Waals surface area contributed by atoms with E-state index in [1.807, 2.05) is 24.3 Å². The summed E-state index contributed by atoms with van der Waals surface area (Å²) in [5.74, 6) is 0.388. The van der Waals surface area contributed by atoms with Gasteiger partial charge in [-0.05, 0) is 23.9 Å². The number of rotatable bonds is 3. The summed E-state index contributed by atoms with van der Waals surface area (Å²) < 4.78 is 7.12. The summed E-state index contributed by atoms with van der Waals surface area (Å²) in [5.41, 5.74) is 7.36. The van der Waals surface area contributed by atoms with Gasteiger partial charge in [0, 0.05) is 0 Å². The van der Waals surface area contributed by atoms with Crippen molar-refractivity contribution in [2.75, 3.05) is 12.8 Å². The fraction of sp³-hybridized carbons (Fsp3) is 0.0833. The second kappa shape index (κ2) is 5.02. The standard InChI is InChI=1S/C12H10N4OS2/c1-17-10-9(13)11(15-6-14-10)19-12-16-7-4-2-3-5-8(7)18-12/h2-6H,13H2,1H3. The lowest BCUT2D eigenvalue weighted by Gasteiger charge is -2.05. The zero-order valence-corrected chi connectivity index (χ0v) is 11.7. The maximum atomic E-state index is 5.94. The van der Waals surface area contributed by atoms with Gasteiger partial charge in [0.15, 0.2) is 4.34 Å². The third kappa shape index (κ3) is 2.34. The first-order valence-corrected chi connectivity index (χ1v) is 7.09. The molecule has 0 radical (unpaired) electrons. The summed E-state index contributed by atoms with van der Waals surface area (Å²) in [4.78, 5) is 12.6. The van der Waals surface area contributed by atoms with Crippen molar-refractivity contribution < 1.29 is 4.74 Å². The van der Waals surface area contributed by atoms with Gasteiger partial charge < -0.3 is 10.5 Å². The minimum Gasteiger partial charge on any atom is -0.479 e. The summed E-state index contributed by atoms with van der Waals surface area (Å²) in [5, 5.41) is 0.658. The number of hydrogen-bond donors (Lipinski definition) is 1. The second-order valence-corrected chi connectivity index (χ2v) is 5.92. The van der Waals surface area contributed by atoms with Crippen LogP contribution in [0.4, 0.5) is 5.69 Å². The lowest BCUT2D eigenvalue weighted by Crippen LogP contribution is -1.98. The second-order valence-electron chi connectivity index (χ2n) is 3.65. The molecule has 2 aromatic heterocycles. The van der Waals surface area contributed by atoms with Gasteiger partial charge in [-0.1, -0.05) is 12.1 Å². The molecule has 0 atom stereocenters. The number of nitrogens with zero attached hydrogens (tertiary/aromatic N) is 3. The first kappa shape index (κ1) is 12.2. The number of anilines is 1. The van der Waals surface area contributed by atoms with Gasteiger partial charge >= 0.3 is 0 Å². The Hall–Kier alpha value is -1.86. The monoisotopic (exact) mass is 290 g/mol. The van der Waals surface area contributed by atoms with Crippen LogP contribution in [0.2, 0.25) is 0 Å². The molecule has 0 fully saturated rings. The van der Waals surface area contributed by atoms with E-state index in [0.717, 1.165) is 14.6 Å². The summed E-state index contributed by atoms with van der Waals surface area (Å²) in [7, 11) is 1.53. The summed E-state index contributed by atoms with van der Waals surface area (Å²) >= 11 is 3.03. The Labute approximate surface area is 117 Å². The van der Waals surface area contributed by atoms with E-state index in [-0.39, 0.29) is 0 Å². The van der Waals surface area contributed by atoms with Crippen LogP contribution >= 0.6 is 23.1 Å². The lowest BCUT2D eigenvalue weighted by atomic mass is 10.3. The minimum absolute atomic E-state index is 0.388. The maximum absolute atomic E-state index is 5.94. The molecule has 96 valence electrons. The maximum Gasteiger partial charge on any atom is 0.241 e. The largest absolute Gasteiger partial charge is 0.479 e. The molecule has 19 heavy (non-hydrogen) atoms. The molecular formula is C12H10N4OS2. The average molecular weight is 290 g/mol. The highest BCUT2D eigenvalue weighted by atomic mass is 32.2. The van der Waals surface area contributed by atoms with Gasteiger partial charge in [-0.3, -0.25) is 0 Å². The molecular weight excluding hydrogens is 280 g/mol. The Balaban J connectivity index is 1.96. The van der Waals surface area contributed by atoms with Gasteiger partial charge in [-0.15, -0.1) is 11.3 Å². The van der Waals surface area contributed by atoms with Crippen LogP contribution in [0.3, 0.4) is 0 Å². The van der Waals surface area contributed by atoms with Crippen LogP contribution in [-0.2, 0) is 0 Å². The normalized spacial score (nSPS) is 10.8. The molecule has 1 aromatic carbocycles. The van der Waals surface area contributed by atoms with Gasteiger partial charge in [0.25, 0.3) is 0 Å². The van der Waals surface area contributed by atoms with Crippen molar-refractivity contribution in [3.05, 3.63) is 30.6 Å². The van der Waals surface area contributed by atoms with Crippen LogP contribution in [0.25, 0.3) is 10.2 Å². The van der Waals surface area contributed by atoms with Crippen molar-refractivity contribution in [1.29, 1.82) is 0 Å². The minimum atomic E-state index is 0.388. The molecule has 0 amide bonds. The van der Waals surface area contributed by atoms with Gasteiger partial charge in [0.2, 0.25) is 5.88 Å². The summed E-state index contributed by atoms with van der Waals surface area (Å²) in [6, 6.07) is 8.00. The van der Waals surface area contributed by atoms with Crippen molar-refractivity contribution in [2.24, 2.45) is 0 Å². The number of fused-ring (bicyclic) bond motifs is 1. The molecule has 0 aliphatic carbocycles. The number of para-hydroxylation sites is 1. The van der Waals surface area contributed by atoms with E-state index < -0.39 is 0 Å². The number of ether oxygens (including phenoxy) is 1. The molecule has 0 aliphatic rings. The first-order chi connectivity index (χ1) is 9.28. The number of methoxy groups -OCH3 is 1. The smallest absolute Gasteiger partial charge is 0.241 e. The van der Waals surface area contributed by atoms with Crippen molar-refractivity contribution >= 4 is 39.0 Å². The Morgan fingerprint density at radius 2 is 2.11 bits per heavy atom. The predicted octanol–water partition coefficient (Wildman–Crippen LogP) is 2.83. The molecule has 0 bridgehead atoms. The van der Waals surface area contributed by atoms with Crippen molar-refractivity contribution in [3.8, 4) is 5.88 Å². The van der Waals surface area contributed by atoms with E-state index in [1.54, 1.807) is 11.3 Å². The van der Waals surface area contributed by atoms with Crippen LogP contribution in [0.1, 0.15) is 0 Å². The Kier molecular flexibility index (Phi) is 3.22. The third-order valence-electron chi connectivity index (χ3n) is 2.46. The third-order valence-corrected chi connectivity index (χ3v) is 4.58. The lowest BCUT2D eigenvalue weighted by molar-refractivity contribution is 0.397. The van der Waals surface area contributed by atoms with E-state index in [1.165, 1.54) is 25.2 Å². The Morgan fingerprint density at radius 1 is 1.26 bits per heavy atom. The van der Waals surface area contributed by atoms with E-state index in [4.69, 9.17) is 10.5 Å². The predicted molar refractivity (Wildman–Crippen MR) is 76.7 cm³/mol. The van der Waals surface area contributed by atoms with Crippen molar-refractivity contribution in [1.82, 2.24) is 15.0 Å². The number of nitrogens with two attached hydrogens (primary N) is 1. The molecule has 0 saturated heterocycles. The fourth-order valence-corrected chi connectivity index (χ4v) is 3.56. The van der Waals surface area contributed by atoms with E-state index in [0.29, 0.717) is 16.6 Å². The summed E-state index contributed by atoms with van der Waals surface area (Å²) in [6.07, 6.45) is 1.44. The quantitative estimate of drug-likeness (QED) is 0.748. The molecule has 3 rings (SSSR count). The topological polar surface area (TPSA) is 73.9 Å². The molecule has 3 aromatic rings. The number of hydrogen-bond acceptors (Lipinski definition) is 7. The zero-order valence-electron chi connectivity index (χ0n) is 10.0. The summed E-state index contributed by atoms with van der Waals surface area (Å²) in [6.45, 7) is 0. The van der Waals surface area contributed by atoms with Gasteiger partial charge in [-0.25, -0.2) is 9.97 Å². The highest BCUT2D eigenvalue weighted by Crippen LogP contribution is 2.37. The fourth-order valence-electron chi connectivity index (χ4n) is 1.59.